The molecule has 0 unspecified atom stereocenters. The molecule has 2 N–H and O–H groups in total. The van der Waals surface area contributed by atoms with Gasteiger partial charge in [0.2, 0.25) is 0 Å². The fourth-order valence-corrected chi connectivity index (χ4v) is 3.96. The Morgan fingerprint density at radius 3 is 2.23 bits per heavy atom. The first-order valence-corrected chi connectivity index (χ1v) is 10.3. The highest BCUT2D eigenvalue weighted by molar-refractivity contribution is 5.74. The lowest BCUT2D eigenvalue weighted by Crippen LogP contribution is -2.39. The van der Waals surface area contributed by atoms with Crippen LogP contribution in [-0.2, 0) is 6.54 Å². The minimum absolute atomic E-state index is 0.121. The van der Waals surface area contributed by atoms with E-state index in [4.69, 9.17) is 4.74 Å². The molecule has 0 radical (unpaired) electrons. The minimum atomic E-state index is -0.464. The second-order valence-corrected chi connectivity index (χ2v) is 7.53. The third-order valence-corrected chi connectivity index (χ3v) is 5.68. The highest BCUT2D eigenvalue weighted by Crippen LogP contribution is 2.28. The van der Waals surface area contributed by atoms with Crippen LogP contribution in [0.15, 0.2) is 58.4 Å². The number of benzene rings is 1. The van der Waals surface area contributed by atoms with Crippen LogP contribution < -0.4 is 26.2 Å². The normalized spacial score (nSPS) is 15.2. The summed E-state index contributed by atoms with van der Waals surface area (Å²) in [6, 6.07) is 11.9. The van der Waals surface area contributed by atoms with Crippen molar-refractivity contribution in [3.05, 3.63) is 80.4 Å². The van der Waals surface area contributed by atoms with Crippen LogP contribution in [0.2, 0.25) is 0 Å². The maximum atomic E-state index is 12.2. The highest BCUT2D eigenvalue weighted by atomic mass is 16.5. The van der Waals surface area contributed by atoms with Gasteiger partial charge in [0.15, 0.2) is 0 Å². The fourth-order valence-electron chi connectivity index (χ4n) is 3.96. The molecule has 2 aromatic carbocycles. The lowest BCUT2D eigenvalue weighted by molar-refractivity contribution is 0.256. The van der Waals surface area contributed by atoms with Gasteiger partial charge in [-0.05, 0) is 61.3 Å². The third kappa shape index (κ3) is 4.21. The zero-order valence-corrected chi connectivity index (χ0v) is 17.1. The molecule has 7 heteroatoms. The molecule has 1 aromatic heterocycles. The summed E-state index contributed by atoms with van der Waals surface area (Å²) in [6.07, 6.45) is 5.75. The number of methoxy groups -OCH3 is 1. The molecule has 3 aromatic rings. The summed E-state index contributed by atoms with van der Waals surface area (Å²) in [6.45, 7) is 3.08. The Hall–Kier alpha value is -3.19. The predicted molar refractivity (Wildman–Crippen MR) is 118 cm³/mol. The van der Waals surface area contributed by atoms with Crippen LogP contribution in [0.25, 0.3) is 0 Å². The summed E-state index contributed by atoms with van der Waals surface area (Å²) in [7, 11) is 1.65. The molecule has 0 aliphatic carbocycles. The number of pyridine rings is 1. The standard InChI is InChI=1S/C23H26N4O3/c1-30-18-6-4-17(5-7-18)19(27-12-2-3-13-27)15-26-21-20(22(28)23(21)29)25-14-16-8-10-24-11-9-16/h4-11,19,25-26H,2-3,12-15H2,1H3/t19-/m1/s1. The van der Waals surface area contributed by atoms with Gasteiger partial charge in [-0.3, -0.25) is 19.5 Å². The molecule has 156 valence electrons. The summed E-state index contributed by atoms with van der Waals surface area (Å²) in [5.74, 6) is 0.817. The monoisotopic (exact) mass is 406 g/mol. The van der Waals surface area contributed by atoms with Crippen molar-refractivity contribution in [3.8, 4) is 5.75 Å². The lowest BCUT2D eigenvalue weighted by atomic mass is 10.0. The first kappa shape index (κ1) is 20.1. The summed E-state index contributed by atoms with van der Waals surface area (Å²) in [5.41, 5.74) is 1.99. The van der Waals surface area contributed by atoms with Crippen LogP contribution in [0.3, 0.4) is 0 Å². The Labute approximate surface area is 175 Å². The van der Waals surface area contributed by atoms with E-state index >= 15 is 0 Å². The number of hydrogen-bond acceptors (Lipinski definition) is 7. The molecule has 1 aliphatic heterocycles. The molecule has 0 spiro atoms. The van der Waals surface area contributed by atoms with Crippen molar-refractivity contribution in [1.29, 1.82) is 0 Å². The molecule has 1 fully saturated rings. The van der Waals surface area contributed by atoms with Gasteiger partial charge in [0, 0.05) is 25.5 Å². The van der Waals surface area contributed by atoms with Gasteiger partial charge in [0.25, 0.3) is 10.9 Å². The first-order valence-electron chi connectivity index (χ1n) is 10.3. The number of ether oxygens (including phenoxy) is 1. The molecule has 0 saturated carbocycles. The molecule has 7 nitrogen and oxygen atoms in total. The Bertz CT molecular complexity index is 1040. The van der Waals surface area contributed by atoms with Crippen LogP contribution in [0.5, 0.6) is 5.75 Å². The van der Waals surface area contributed by atoms with Crippen molar-refractivity contribution in [3.63, 3.8) is 0 Å². The number of anilines is 2. The fraction of sp³-hybridized carbons (Fsp3) is 0.348. The summed E-state index contributed by atoms with van der Waals surface area (Å²) >= 11 is 0. The molecule has 0 bridgehead atoms. The molecule has 1 aliphatic rings. The van der Waals surface area contributed by atoms with Crippen molar-refractivity contribution < 1.29 is 4.74 Å². The average molecular weight is 406 g/mol. The van der Waals surface area contributed by atoms with Crippen molar-refractivity contribution in [1.82, 2.24) is 9.88 Å². The number of nitrogens with one attached hydrogen (secondary N) is 2. The van der Waals surface area contributed by atoms with E-state index in [0.29, 0.717) is 24.5 Å². The van der Waals surface area contributed by atoms with Crippen molar-refractivity contribution in [2.24, 2.45) is 0 Å². The van der Waals surface area contributed by atoms with Crippen molar-refractivity contribution in [2.75, 3.05) is 37.4 Å². The largest absolute Gasteiger partial charge is 0.497 e. The minimum Gasteiger partial charge on any atom is -0.497 e. The Kier molecular flexibility index (Phi) is 6.09. The highest BCUT2D eigenvalue weighted by Gasteiger charge is 2.26. The van der Waals surface area contributed by atoms with Gasteiger partial charge >= 0.3 is 0 Å². The number of nitrogens with zero attached hydrogens (tertiary/aromatic N) is 2. The van der Waals surface area contributed by atoms with E-state index < -0.39 is 10.9 Å². The second-order valence-electron chi connectivity index (χ2n) is 7.53. The van der Waals surface area contributed by atoms with Crippen molar-refractivity contribution >= 4 is 11.4 Å². The third-order valence-electron chi connectivity index (χ3n) is 5.68. The van der Waals surface area contributed by atoms with E-state index in [0.717, 1.165) is 30.0 Å². The zero-order chi connectivity index (χ0) is 20.9. The van der Waals surface area contributed by atoms with Gasteiger partial charge in [-0.25, -0.2) is 0 Å². The molecule has 2 heterocycles. The maximum absolute atomic E-state index is 12.2. The Balaban J connectivity index is 1.47. The van der Waals surface area contributed by atoms with E-state index in [1.54, 1.807) is 19.5 Å². The number of rotatable bonds is 9. The summed E-state index contributed by atoms with van der Waals surface area (Å²) in [4.78, 5) is 30.7. The van der Waals surface area contributed by atoms with E-state index in [2.05, 4.69) is 32.7 Å². The van der Waals surface area contributed by atoms with E-state index in [1.807, 2.05) is 24.3 Å². The molecule has 1 saturated heterocycles. The molecule has 0 amide bonds. The Morgan fingerprint density at radius 2 is 1.60 bits per heavy atom. The van der Waals surface area contributed by atoms with Gasteiger partial charge in [-0.15, -0.1) is 0 Å². The topological polar surface area (TPSA) is 83.6 Å². The van der Waals surface area contributed by atoms with Gasteiger partial charge in [-0.1, -0.05) is 12.1 Å². The van der Waals surface area contributed by atoms with Gasteiger partial charge in [0.05, 0.1) is 13.2 Å². The molecule has 1 atom stereocenters. The zero-order valence-electron chi connectivity index (χ0n) is 17.1. The second kappa shape index (κ2) is 9.09. The maximum Gasteiger partial charge on any atom is 0.253 e. The number of likely N-dealkylation sites (tertiary alicyclic amines) is 1. The van der Waals surface area contributed by atoms with Crippen LogP contribution in [0, 0.1) is 0 Å². The van der Waals surface area contributed by atoms with Crippen LogP contribution in [0.1, 0.15) is 30.0 Å². The molecule has 4 rings (SSSR count). The quantitative estimate of drug-likeness (QED) is 0.529. The number of hydrogen-bond donors (Lipinski definition) is 2. The van der Waals surface area contributed by atoms with Crippen molar-refractivity contribution in [2.45, 2.75) is 25.4 Å². The van der Waals surface area contributed by atoms with Crippen LogP contribution >= 0.6 is 0 Å². The molecular formula is C23H26N4O3. The predicted octanol–water partition coefficient (Wildman–Crippen LogP) is 2.55. The van der Waals surface area contributed by atoms with Gasteiger partial charge in [-0.2, -0.15) is 0 Å². The van der Waals surface area contributed by atoms with Gasteiger partial charge < -0.3 is 15.4 Å². The number of aromatic nitrogens is 1. The SMILES string of the molecule is COc1ccc([C@@H](CNc2c(NCc3ccncc3)c(=O)c2=O)N2CCCC2)cc1. The average Bonchev–Trinajstić information content (AvgIpc) is 3.33. The smallest absolute Gasteiger partial charge is 0.253 e. The molecular weight excluding hydrogens is 380 g/mol. The summed E-state index contributed by atoms with van der Waals surface area (Å²) < 4.78 is 5.27. The first-order chi connectivity index (χ1) is 14.7. The van der Waals surface area contributed by atoms with Gasteiger partial charge in [0.1, 0.15) is 17.1 Å². The molecule has 30 heavy (non-hydrogen) atoms. The lowest BCUT2D eigenvalue weighted by Gasteiger charge is -2.29. The van der Waals surface area contributed by atoms with Crippen LogP contribution in [0.4, 0.5) is 11.4 Å². The van der Waals surface area contributed by atoms with E-state index in [9.17, 15) is 9.59 Å². The Morgan fingerprint density at radius 1 is 0.967 bits per heavy atom. The van der Waals surface area contributed by atoms with E-state index in [1.165, 1.54) is 12.8 Å². The van der Waals surface area contributed by atoms with Crippen LogP contribution in [-0.4, -0.2) is 36.6 Å². The van der Waals surface area contributed by atoms with E-state index in [-0.39, 0.29) is 6.04 Å². The summed E-state index contributed by atoms with van der Waals surface area (Å²) in [5, 5.41) is 6.35.